The number of hydrogen-bond donors (Lipinski definition) is 2. The van der Waals surface area contributed by atoms with Gasteiger partial charge in [0, 0.05) is 59.2 Å². The van der Waals surface area contributed by atoms with Crippen LogP contribution in [0.4, 0.5) is 5.82 Å². The molecule has 1 spiro atoms. The summed E-state index contributed by atoms with van der Waals surface area (Å²) in [7, 11) is 0. The van der Waals surface area contributed by atoms with Crippen LogP contribution in [0, 0.1) is 17.8 Å². The Kier molecular flexibility index (Phi) is 9.08. The number of allylic oxidation sites excluding steroid dienone is 1. The van der Waals surface area contributed by atoms with E-state index in [0.29, 0.717) is 65.1 Å². The smallest absolute Gasteiger partial charge is 0.248 e. The van der Waals surface area contributed by atoms with Gasteiger partial charge in [0.15, 0.2) is 5.78 Å². The van der Waals surface area contributed by atoms with E-state index in [1.165, 1.54) is 11.6 Å². The topological polar surface area (TPSA) is 161 Å². The number of anilines is 1. The summed E-state index contributed by atoms with van der Waals surface area (Å²) in [6.45, 7) is 7.72. The molecule has 264 valence electrons. The number of carbonyl (C=O) groups excluding carboxylic acids is 4. The fourth-order valence-electron chi connectivity index (χ4n) is 7.12. The minimum Gasteiger partial charge on any atom is -0.373 e. The van der Waals surface area contributed by atoms with Crippen molar-refractivity contribution < 1.29 is 23.9 Å². The number of aromatic nitrogens is 5. The maximum atomic E-state index is 14.4. The number of halogens is 1. The standard InChI is InChI=1S/C37H39BrN8O5/c1-21(47)32-26-13-23(25-16-39-22(2)40-17-25)7-9-27(26)45(44-32)18-31(48)46-28-14-37(15-29(37)46)20-41-35(50)36(3,4)11-5-6-12-51-19-24-8-10-30(38)42-33(24)43-34(28)49/h5-10,13,16-17,28-29H,11-12,14-15,18-20H2,1-4H3,(H,41,50)(H,42,43,49)/t28-,29+,37-/m0/s1. The summed E-state index contributed by atoms with van der Waals surface area (Å²) in [6.07, 6.45) is 8.82. The summed E-state index contributed by atoms with van der Waals surface area (Å²) >= 11 is 3.41. The molecule has 2 aliphatic heterocycles. The molecule has 1 aliphatic carbocycles. The van der Waals surface area contributed by atoms with Gasteiger partial charge in [-0.25, -0.2) is 15.0 Å². The molecule has 3 aliphatic rings. The first kappa shape index (κ1) is 34.6. The number of carbonyl (C=O) groups is 4. The molecule has 0 radical (unpaired) electrons. The van der Waals surface area contributed by atoms with Crippen molar-refractivity contribution in [1.82, 2.24) is 34.9 Å². The lowest BCUT2D eigenvalue weighted by Crippen LogP contribution is -2.47. The molecular weight excluding hydrogens is 716 g/mol. The van der Waals surface area contributed by atoms with Crippen molar-refractivity contribution in [2.24, 2.45) is 10.8 Å². The highest BCUT2D eigenvalue weighted by atomic mass is 79.9. The second-order valence-electron chi connectivity index (χ2n) is 14.3. The number of rotatable bonds is 4. The first-order valence-corrected chi connectivity index (χ1v) is 17.7. The lowest BCUT2D eigenvalue weighted by molar-refractivity contribution is -0.138. The van der Waals surface area contributed by atoms with E-state index in [4.69, 9.17) is 4.74 Å². The fraction of sp³-hybridized carbons (Fsp3) is 0.405. The predicted molar refractivity (Wildman–Crippen MR) is 192 cm³/mol. The van der Waals surface area contributed by atoms with Crippen LogP contribution in [0.1, 0.15) is 61.9 Å². The number of nitrogens with one attached hydrogen (secondary N) is 2. The second-order valence-corrected chi connectivity index (χ2v) is 15.1. The van der Waals surface area contributed by atoms with Crippen LogP contribution in [0.5, 0.6) is 0 Å². The summed E-state index contributed by atoms with van der Waals surface area (Å²) in [5.41, 5.74) is 2.03. The van der Waals surface area contributed by atoms with E-state index in [1.54, 1.807) is 23.4 Å². The Labute approximate surface area is 303 Å². The maximum absolute atomic E-state index is 14.4. The minimum absolute atomic E-state index is 0.0963. The van der Waals surface area contributed by atoms with Crippen molar-refractivity contribution in [2.75, 3.05) is 18.5 Å². The van der Waals surface area contributed by atoms with Crippen molar-refractivity contribution in [1.29, 1.82) is 0 Å². The molecule has 13 nitrogen and oxygen atoms in total. The van der Waals surface area contributed by atoms with Crippen molar-refractivity contribution >= 4 is 56.2 Å². The number of pyridine rings is 1. The molecule has 2 N–H and O–H groups in total. The summed E-state index contributed by atoms with van der Waals surface area (Å²) in [5, 5.41) is 11.3. The van der Waals surface area contributed by atoms with E-state index < -0.39 is 16.9 Å². The molecule has 4 aromatic rings. The van der Waals surface area contributed by atoms with Crippen LogP contribution in [0.3, 0.4) is 0 Å². The molecule has 1 aromatic carbocycles. The Hall–Kier alpha value is -4.82. The molecule has 2 fully saturated rings. The molecule has 3 atom stereocenters. The van der Waals surface area contributed by atoms with Gasteiger partial charge in [0.05, 0.1) is 18.7 Å². The number of ether oxygens (including phenoxy) is 1. The number of benzene rings is 1. The molecule has 0 unspecified atom stereocenters. The van der Waals surface area contributed by atoms with Crippen molar-refractivity contribution in [3.8, 4) is 11.1 Å². The summed E-state index contributed by atoms with van der Waals surface area (Å²) in [6, 6.07) is 8.10. The van der Waals surface area contributed by atoms with Crippen molar-refractivity contribution in [3.63, 3.8) is 0 Å². The number of aryl methyl sites for hydroxylation is 1. The van der Waals surface area contributed by atoms with E-state index in [0.717, 1.165) is 11.1 Å². The highest BCUT2D eigenvalue weighted by Gasteiger charge is 2.67. The SMILES string of the molecule is CC(=O)c1nn(CC(=O)N2[C@H]3C[C@@]4(CNC(=O)C(C)(C)CC=CCOCc5ccc(Br)nc5NC3=O)C[C@@H]24)c2ccc(-c3cnc(C)nc3)cc12. The lowest BCUT2D eigenvalue weighted by atomic mass is 9.87. The van der Waals surface area contributed by atoms with Crippen molar-refractivity contribution in [3.05, 3.63) is 76.6 Å². The zero-order chi connectivity index (χ0) is 36.1. The minimum atomic E-state index is -0.824. The van der Waals surface area contributed by atoms with E-state index in [9.17, 15) is 19.2 Å². The third-order valence-corrected chi connectivity index (χ3v) is 10.6. The third-order valence-electron chi connectivity index (χ3n) is 10.2. The highest BCUT2D eigenvalue weighted by Crippen LogP contribution is 2.59. The number of ketones is 1. The molecule has 7 rings (SSSR count). The number of hydrogen-bond acceptors (Lipinski definition) is 9. The summed E-state index contributed by atoms with van der Waals surface area (Å²) in [5.74, 6) is -0.0307. The van der Waals surface area contributed by atoms with E-state index in [2.05, 4.69) is 46.6 Å². The summed E-state index contributed by atoms with van der Waals surface area (Å²) < 4.78 is 7.93. The van der Waals surface area contributed by atoms with Crippen LogP contribution in [0.25, 0.3) is 22.0 Å². The van der Waals surface area contributed by atoms with Crippen molar-refractivity contribution in [2.45, 2.75) is 72.2 Å². The van der Waals surface area contributed by atoms with Gasteiger partial charge in [-0.2, -0.15) is 5.10 Å². The Morgan fingerprint density at radius 3 is 2.61 bits per heavy atom. The Morgan fingerprint density at radius 2 is 1.84 bits per heavy atom. The number of likely N-dealkylation sites (tertiary alicyclic amines) is 1. The number of Topliss-reactive ketones (excluding diaryl/α,β-unsaturated/α-hetero) is 1. The van der Waals surface area contributed by atoms with Crippen LogP contribution in [0.2, 0.25) is 0 Å². The van der Waals surface area contributed by atoms with E-state index >= 15 is 0 Å². The molecule has 3 amide bonds. The number of amides is 3. The van der Waals surface area contributed by atoms with Crippen LogP contribution in [-0.4, -0.2) is 78.4 Å². The molecule has 1 saturated heterocycles. The first-order valence-electron chi connectivity index (χ1n) is 16.9. The molecule has 51 heavy (non-hydrogen) atoms. The quantitative estimate of drug-likeness (QED) is 0.170. The van der Waals surface area contributed by atoms with Gasteiger partial charge >= 0.3 is 0 Å². The molecule has 1 saturated carbocycles. The molecular formula is C37H39BrN8O5. The highest BCUT2D eigenvalue weighted by molar-refractivity contribution is 9.10. The zero-order valence-electron chi connectivity index (χ0n) is 28.9. The van der Waals surface area contributed by atoms with Crippen LogP contribution in [0.15, 0.2) is 59.5 Å². The average Bonchev–Trinajstić information content (AvgIpc) is 3.51. The van der Waals surface area contributed by atoms with Gasteiger partial charge in [0.2, 0.25) is 17.7 Å². The average molecular weight is 756 g/mol. The Bertz CT molecular complexity index is 2090. The van der Waals surface area contributed by atoms with Gasteiger partial charge in [0.1, 0.15) is 34.5 Å². The number of nitrogens with zero attached hydrogens (tertiary/aromatic N) is 6. The fourth-order valence-corrected chi connectivity index (χ4v) is 7.43. The number of fused-ring (bicyclic) bond motifs is 3. The van der Waals surface area contributed by atoms with Crippen LogP contribution >= 0.6 is 15.9 Å². The molecule has 3 aromatic heterocycles. The van der Waals surface area contributed by atoms with Crippen LogP contribution < -0.4 is 10.6 Å². The van der Waals surface area contributed by atoms with E-state index in [-0.39, 0.29) is 48.4 Å². The molecule has 5 heterocycles. The van der Waals surface area contributed by atoms with Gasteiger partial charge in [0.25, 0.3) is 0 Å². The number of piperidine rings is 1. The maximum Gasteiger partial charge on any atom is 0.248 e. The van der Waals surface area contributed by atoms with Gasteiger partial charge in [-0.05, 0) is 65.9 Å². The molecule has 14 heteroatoms. The van der Waals surface area contributed by atoms with Crippen LogP contribution in [-0.2, 0) is 32.3 Å². The molecule has 2 bridgehead atoms. The van der Waals surface area contributed by atoms with Gasteiger partial charge in [-0.15, -0.1) is 0 Å². The predicted octanol–water partition coefficient (Wildman–Crippen LogP) is 4.78. The first-order chi connectivity index (χ1) is 24.3. The lowest BCUT2D eigenvalue weighted by Gasteiger charge is -2.27. The van der Waals surface area contributed by atoms with Gasteiger partial charge in [-0.3, -0.25) is 23.9 Å². The third kappa shape index (κ3) is 6.81. The zero-order valence-corrected chi connectivity index (χ0v) is 30.5. The monoisotopic (exact) mass is 754 g/mol. The van der Waals surface area contributed by atoms with E-state index in [1.807, 2.05) is 57.2 Å². The second kappa shape index (κ2) is 13.4. The van der Waals surface area contributed by atoms with Gasteiger partial charge in [-0.1, -0.05) is 38.1 Å². The largest absolute Gasteiger partial charge is 0.373 e. The van der Waals surface area contributed by atoms with Gasteiger partial charge < -0.3 is 20.3 Å². The normalized spacial score (nSPS) is 23.2. The Balaban J connectivity index is 1.21. The summed E-state index contributed by atoms with van der Waals surface area (Å²) in [4.78, 5) is 69.3. The Morgan fingerprint density at radius 1 is 1.06 bits per heavy atom.